The molecule has 0 saturated carbocycles. The molecule has 1 amide bonds. The Kier molecular flexibility index (Phi) is 4.79. The SMILES string of the molecule is CC1=C(C)C(=C=O)C2C(=C1)C(=O)N(c1cccc(F)c1)C2N1CCN(C)CC1. The van der Waals surface area contributed by atoms with E-state index in [1.807, 2.05) is 19.9 Å². The summed E-state index contributed by atoms with van der Waals surface area (Å²) in [5, 5.41) is 0. The summed E-state index contributed by atoms with van der Waals surface area (Å²) in [6, 6.07) is 6.12. The highest BCUT2D eigenvalue weighted by atomic mass is 19.1. The van der Waals surface area contributed by atoms with Crippen LogP contribution < -0.4 is 4.90 Å². The van der Waals surface area contributed by atoms with Crippen molar-refractivity contribution in [1.82, 2.24) is 9.80 Å². The number of likely N-dealkylation sites (N-methyl/N-ethyl adjacent to an activating group) is 1. The second kappa shape index (κ2) is 7.13. The average Bonchev–Trinajstić information content (AvgIpc) is 2.96. The van der Waals surface area contributed by atoms with E-state index in [0.717, 1.165) is 37.3 Å². The van der Waals surface area contributed by atoms with Crippen molar-refractivity contribution >= 4 is 17.5 Å². The predicted molar refractivity (Wildman–Crippen MR) is 106 cm³/mol. The van der Waals surface area contributed by atoms with Crippen molar-refractivity contribution in [3.05, 3.63) is 58.5 Å². The average molecular weight is 381 g/mol. The molecule has 2 unspecified atom stereocenters. The lowest BCUT2D eigenvalue weighted by Crippen LogP contribution is -2.56. The first-order valence-corrected chi connectivity index (χ1v) is 9.58. The summed E-state index contributed by atoms with van der Waals surface area (Å²) in [7, 11) is 2.07. The first kappa shape index (κ1) is 18.8. The van der Waals surface area contributed by atoms with E-state index in [4.69, 9.17) is 0 Å². The monoisotopic (exact) mass is 381 g/mol. The number of anilines is 1. The molecule has 1 aliphatic carbocycles. The van der Waals surface area contributed by atoms with Gasteiger partial charge in [-0.25, -0.2) is 9.18 Å². The molecule has 2 atom stereocenters. The Bertz CT molecular complexity index is 937. The third-order valence-electron chi connectivity index (χ3n) is 6.15. The zero-order valence-corrected chi connectivity index (χ0v) is 16.4. The van der Waals surface area contributed by atoms with Gasteiger partial charge in [0.2, 0.25) is 0 Å². The van der Waals surface area contributed by atoms with Gasteiger partial charge in [0.05, 0.1) is 11.5 Å². The van der Waals surface area contributed by atoms with Crippen LogP contribution in [0.1, 0.15) is 13.8 Å². The molecular weight excluding hydrogens is 357 g/mol. The van der Waals surface area contributed by atoms with Gasteiger partial charge >= 0.3 is 0 Å². The molecule has 0 radical (unpaired) electrons. The molecule has 2 heterocycles. The Hall–Kier alpha value is -2.53. The standard InChI is InChI=1S/C22H24FN3O2/c1-14-11-18-20(19(13-27)15(14)2)21(25-9-7-24(3)8-10-25)26(22(18)28)17-6-4-5-16(23)12-17/h4-6,11-12,20-21H,7-10H2,1-3H3. The Labute approximate surface area is 164 Å². The third-order valence-corrected chi connectivity index (χ3v) is 6.15. The lowest BCUT2D eigenvalue weighted by Gasteiger charge is -2.42. The second-order valence-corrected chi connectivity index (χ2v) is 7.81. The Morgan fingerprint density at radius 3 is 2.50 bits per heavy atom. The molecule has 0 bridgehead atoms. The van der Waals surface area contributed by atoms with Crippen LogP contribution in [0.5, 0.6) is 0 Å². The summed E-state index contributed by atoms with van der Waals surface area (Å²) in [6.45, 7) is 7.11. The van der Waals surface area contributed by atoms with Crippen LogP contribution in [-0.2, 0) is 9.59 Å². The molecule has 5 nitrogen and oxygen atoms in total. The molecule has 146 valence electrons. The van der Waals surface area contributed by atoms with Crippen molar-refractivity contribution in [3.63, 3.8) is 0 Å². The second-order valence-electron chi connectivity index (χ2n) is 7.81. The quantitative estimate of drug-likeness (QED) is 0.738. The van der Waals surface area contributed by atoms with Crippen molar-refractivity contribution in [1.29, 1.82) is 0 Å². The number of hydrogen-bond donors (Lipinski definition) is 0. The number of piperazine rings is 1. The van der Waals surface area contributed by atoms with Crippen molar-refractivity contribution in [3.8, 4) is 0 Å². The van der Waals surface area contributed by atoms with E-state index in [1.165, 1.54) is 12.1 Å². The first-order chi connectivity index (χ1) is 13.4. The first-order valence-electron chi connectivity index (χ1n) is 9.58. The van der Waals surface area contributed by atoms with E-state index in [9.17, 15) is 14.0 Å². The number of hydrogen-bond acceptors (Lipinski definition) is 4. The molecule has 3 aliphatic rings. The zero-order chi connectivity index (χ0) is 20.0. The van der Waals surface area contributed by atoms with Crippen molar-refractivity contribution < 1.29 is 14.0 Å². The number of amides is 1. The van der Waals surface area contributed by atoms with Gasteiger partial charge in [0.15, 0.2) is 0 Å². The molecule has 28 heavy (non-hydrogen) atoms. The maximum Gasteiger partial charge on any atom is 0.256 e. The fourth-order valence-corrected chi connectivity index (χ4v) is 4.44. The van der Waals surface area contributed by atoms with E-state index in [-0.39, 0.29) is 23.8 Å². The molecule has 2 aliphatic heterocycles. The fraction of sp³-hybridized carbons (Fsp3) is 0.409. The number of carbonyl (C=O) groups excluding carboxylic acids is 2. The molecule has 4 rings (SSSR count). The number of allylic oxidation sites excluding steroid dienone is 3. The minimum Gasteiger partial charge on any atom is -0.304 e. The van der Waals surface area contributed by atoms with Gasteiger partial charge in [-0.05, 0) is 56.3 Å². The molecule has 0 spiro atoms. The minimum absolute atomic E-state index is 0.167. The van der Waals surface area contributed by atoms with Gasteiger partial charge < -0.3 is 4.90 Å². The Morgan fingerprint density at radius 1 is 1.14 bits per heavy atom. The number of rotatable bonds is 2. The van der Waals surface area contributed by atoms with Crippen molar-refractivity contribution in [2.75, 3.05) is 38.1 Å². The smallest absolute Gasteiger partial charge is 0.256 e. The van der Waals surface area contributed by atoms with Gasteiger partial charge in [0, 0.05) is 37.4 Å². The molecular formula is C22H24FN3O2. The number of carbonyl (C=O) groups is 1. The lowest BCUT2D eigenvalue weighted by atomic mass is 9.80. The summed E-state index contributed by atoms with van der Waals surface area (Å²) in [4.78, 5) is 31.5. The highest BCUT2D eigenvalue weighted by molar-refractivity contribution is 6.11. The van der Waals surface area contributed by atoms with Crippen LogP contribution in [-0.4, -0.2) is 61.0 Å². The maximum atomic E-state index is 14.0. The Balaban J connectivity index is 1.85. The van der Waals surface area contributed by atoms with Crippen LogP contribution in [0.15, 0.2) is 52.6 Å². The van der Waals surface area contributed by atoms with Gasteiger partial charge in [-0.2, -0.15) is 0 Å². The van der Waals surface area contributed by atoms with E-state index < -0.39 is 0 Å². The van der Waals surface area contributed by atoms with E-state index in [1.54, 1.807) is 17.0 Å². The van der Waals surface area contributed by atoms with E-state index >= 15 is 0 Å². The zero-order valence-electron chi connectivity index (χ0n) is 16.4. The largest absolute Gasteiger partial charge is 0.304 e. The maximum absolute atomic E-state index is 14.0. The molecule has 6 heteroatoms. The summed E-state index contributed by atoms with van der Waals surface area (Å²) < 4.78 is 14.0. The fourth-order valence-electron chi connectivity index (χ4n) is 4.44. The van der Waals surface area contributed by atoms with Gasteiger partial charge in [0.1, 0.15) is 17.9 Å². The summed E-state index contributed by atoms with van der Waals surface area (Å²) in [5.41, 5.74) is 3.42. The van der Waals surface area contributed by atoms with Gasteiger partial charge in [-0.1, -0.05) is 6.07 Å². The summed E-state index contributed by atoms with van der Waals surface area (Å²) >= 11 is 0. The Morgan fingerprint density at radius 2 is 1.86 bits per heavy atom. The molecule has 1 aromatic carbocycles. The third kappa shape index (κ3) is 2.94. The minimum atomic E-state index is -0.386. The highest BCUT2D eigenvalue weighted by Gasteiger charge is 2.51. The van der Waals surface area contributed by atoms with E-state index in [0.29, 0.717) is 16.8 Å². The van der Waals surface area contributed by atoms with Gasteiger partial charge in [-0.15, -0.1) is 0 Å². The van der Waals surface area contributed by atoms with Crippen molar-refractivity contribution in [2.24, 2.45) is 5.92 Å². The number of halogens is 1. The van der Waals surface area contributed by atoms with Crippen LogP contribution in [0.2, 0.25) is 0 Å². The topological polar surface area (TPSA) is 43.9 Å². The van der Waals surface area contributed by atoms with Gasteiger partial charge in [-0.3, -0.25) is 14.6 Å². The van der Waals surface area contributed by atoms with Crippen LogP contribution in [0, 0.1) is 11.7 Å². The number of fused-ring (bicyclic) bond motifs is 1. The number of benzene rings is 1. The van der Waals surface area contributed by atoms with Crippen LogP contribution in [0.25, 0.3) is 0 Å². The van der Waals surface area contributed by atoms with Crippen molar-refractivity contribution in [2.45, 2.75) is 20.0 Å². The van der Waals surface area contributed by atoms with Crippen LogP contribution in [0.3, 0.4) is 0 Å². The normalized spacial score (nSPS) is 26.4. The summed E-state index contributed by atoms with van der Waals surface area (Å²) in [6.07, 6.45) is 1.53. The molecule has 2 fully saturated rings. The molecule has 0 aromatic heterocycles. The number of nitrogens with zero attached hydrogens (tertiary/aromatic N) is 3. The summed E-state index contributed by atoms with van der Waals surface area (Å²) in [5.74, 6) is 1.19. The molecule has 1 aromatic rings. The highest BCUT2D eigenvalue weighted by Crippen LogP contribution is 2.45. The molecule has 0 N–H and O–H groups in total. The van der Waals surface area contributed by atoms with E-state index in [2.05, 4.69) is 22.8 Å². The lowest BCUT2D eigenvalue weighted by molar-refractivity contribution is -0.114. The molecule has 2 saturated heterocycles. The van der Waals surface area contributed by atoms with Crippen LogP contribution in [0.4, 0.5) is 10.1 Å². The van der Waals surface area contributed by atoms with Crippen LogP contribution >= 0.6 is 0 Å². The van der Waals surface area contributed by atoms with Gasteiger partial charge in [0.25, 0.3) is 5.91 Å². The predicted octanol–water partition coefficient (Wildman–Crippen LogP) is 2.40.